The van der Waals surface area contributed by atoms with Crippen molar-refractivity contribution in [2.45, 2.75) is 31.8 Å². The Morgan fingerprint density at radius 3 is 2.85 bits per heavy atom. The van der Waals surface area contributed by atoms with Crippen molar-refractivity contribution < 1.29 is 9.84 Å². The van der Waals surface area contributed by atoms with Crippen LogP contribution in [0.25, 0.3) is 0 Å². The highest BCUT2D eigenvalue weighted by atomic mass is 16.5. The van der Waals surface area contributed by atoms with Crippen LogP contribution < -0.4 is 4.74 Å². The molecule has 0 spiro atoms. The highest BCUT2D eigenvalue weighted by Gasteiger charge is 2.18. The Kier molecular flexibility index (Phi) is 2.34. The monoisotopic (exact) mass is 179 g/mol. The quantitative estimate of drug-likeness (QED) is 0.756. The minimum atomic E-state index is 0.134. The molecule has 3 heteroatoms. The molecule has 0 unspecified atom stereocenters. The van der Waals surface area contributed by atoms with Gasteiger partial charge in [0, 0.05) is 6.20 Å². The van der Waals surface area contributed by atoms with Crippen molar-refractivity contribution in [1.82, 2.24) is 4.98 Å². The van der Waals surface area contributed by atoms with Gasteiger partial charge >= 0.3 is 0 Å². The molecule has 0 radical (unpaired) electrons. The molecule has 1 aromatic rings. The van der Waals surface area contributed by atoms with Crippen LogP contribution in [-0.2, 0) is 0 Å². The molecule has 3 nitrogen and oxygen atoms in total. The number of ether oxygens (including phenoxy) is 1. The minimum Gasteiger partial charge on any atom is -0.503 e. The summed E-state index contributed by atoms with van der Waals surface area (Å²) in [5.74, 6) is 0.504. The van der Waals surface area contributed by atoms with E-state index in [2.05, 4.69) is 4.98 Å². The molecule has 1 heterocycles. The molecule has 13 heavy (non-hydrogen) atoms. The Morgan fingerprint density at radius 1 is 1.38 bits per heavy atom. The molecule has 1 saturated carbocycles. The van der Waals surface area contributed by atoms with Gasteiger partial charge in [0.25, 0.3) is 5.88 Å². The number of pyridine rings is 1. The molecule has 0 bridgehead atoms. The average molecular weight is 179 g/mol. The summed E-state index contributed by atoms with van der Waals surface area (Å²) in [7, 11) is 0. The number of rotatable bonds is 2. The van der Waals surface area contributed by atoms with Gasteiger partial charge in [-0.2, -0.15) is 0 Å². The maximum Gasteiger partial charge on any atom is 0.257 e. The van der Waals surface area contributed by atoms with Crippen molar-refractivity contribution in [3.05, 3.63) is 18.3 Å². The van der Waals surface area contributed by atoms with Gasteiger partial charge in [-0.15, -0.1) is 0 Å². The van der Waals surface area contributed by atoms with Gasteiger partial charge in [0.1, 0.15) is 6.10 Å². The molecule has 0 atom stereocenters. The van der Waals surface area contributed by atoms with E-state index in [1.54, 1.807) is 18.3 Å². The second kappa shape index (κ2) is 3.64. The Morgan fingerprint density at radius 2 is 2.15 bits per heavy atom. The van der Waals surface area contributed by atoms with E-state index in [0.29, 0.717) is 5.88 Å². The summed E-state index contributed by atoms with van der Waals surface area (Å²) < 4.78 is 5.54. The first kappa shape index (κ1) is 8.35. The molecule has 0 aromatic carbocycles. The first-order valence-electron chi connectivity index (χ1n) is 4.67. The maximum atomic E-state index is 9.38. The van der Waals surface area contributed by atoms with Crippen molar-refractivity contribution in [3.63, 3.8) is 0 Å². The highest BCUT2D eigenvalue weighted by Crippen LogP contribution is 2.27. The molecule has 1 aliphatic carbocycles. The average Bonchev–Trinajstić information content (AvgIpc) is 2.61. The lowest BCUT2D eigenvalue weighted by Crippen LogP contribution is -2.11. The topological polar surface area (TPSA) is 42.4 Å². The molecule has 70 valence electrons. The number of aromatic nitrogens is 1. The van der Waals surface area contributed by atoms with Gasteiger partial charge in [-0.25, -0.2) is 4.98 Å². The lowest BCUT2D eigenvalue weighted by Gasteiger charge is -2.12. The van der Waals surface area contributed by atoms with Crippen LogP contribution in [0.5, 0.6) is 11.6 Å². The van der Waals surface area contributed by atoms with Gasteiger partial charge < -0.3 is 9.84 Å². The van der Waals surface area contributed by atoms with Crippen molar-refractivity contribution in [2.24, 2.45) is 0 Å². The number of aromatic hydroxyl groups is 1. The van der Waals surface area contributed by atoms with E-state index in [1.807, 2.05) is 0 Å². The Bertz CT molecular complexity index is 282. The van der Waals surface area contributed by atoms with Crippen LogP contribution >= 0.6 is 0 Å². The highest BCUT2D eigenvalue weighted by molar-refractivity contribution is 5.30. The Balaban J connectivity index is 2.04. The number of hydrogen-bond donors (Lipinski definition) is 1. The lowest BCUT2D eigenvalue weighted by molar-refractivity contribution is 0.193. The van der Waals surface area contributed by atoms with Gasteiger partial charge in [0.2, 0.25) is 0 Å². The van der Waals surface area contributed by atoms with E-state index in [1.165, 1.54) is 12.8 Å². The number of hydrogen-bond acceptors (Lipinski definition) is 3. The third-order valence-corrected chi connectivity index (χ3v) is 2.33. The summed E-state index contributed by atoms with van der Waals surface area (Å²) in [6.07, 6.45) is 6.48. The molecule has 1 N–H and O–H groups in total. The summed E-state index contributed by atoms with van der Waals surface area (Å²) in [5.41, 5.74) is 0. The van der Waals surface area contributed by atoms with E-state index in [4.69, 9.17) is 4.74 Å². The van der Waals surface area contributed by atoms with Crippen molar-refractivity contribution in [3.8, 4) is 11.6 Å². The van der Waals surface area contributed by atoms with Crippen LogP contribution in [0.1, 0.15) is 25.7 Å². The SMILES string of the molecule is Oc1cccnc1OC1CCCC1. The summed E-state index contributed by atoms with van der Waals surface area (Å²) in [6, 6.07) is 3.29. The molecular formula is C10H13NO2. The summed E-state index contributed by atoms with van der Waals surface area (Å²) in [4.78, 5) is 3.97. The van der Waals surface area contributed by atoms with E-state index >= 15 is 0 Å². The van der Waals surface area contributed by atoms with Gasteiger partial charge in [-0.05, 0) is 37.8 Å². The van der Waals surface area contributed by atoms with Gasteiger partial charge in [-0.3, -0.25) is 0 Å². The van der Waals surface area contributed by atoms with E-state index < -0.39 is 0 Å². The summed E-state index contributed by atoms with van der Waals surface area (Å²) in [6.45, 7) is 0. The first-order valence-corrected chi connectivity index (χ1v) is 4.67. The zero-order valence-corrected chi connectivity index (χ0v) is 7.44. The molecule has 2 rings (SSSR count). The van der Waals surface area contributed by atoms with E-state index in [0.717, 1.165) is 12.8 Å². The van der Waals surface area contributed by atoms with Crippen molar-refractivity contribution >= 4 is 0 Å². The largest absolute Gasteiger partial charge is 0.503 e. The molecule has 1 aliphatic rings. The molecular weight excluding hydrogens is 166 g/mol. The Labute approximate surface area is 77.4 Å². The molecule has 0 saturated heterocycles. The van der Waals surface area contributed by atoms with Crippen LogP contribution in [0.15, 0.2) is 18.3 Å². The summed E-state index contributed by atoms with van der Waals surface area (Å²) in [5, 5.41) is 9.38. The minimum absolute atomic E-state index is 0.134. The first-order chi connectivity index (χ1) is 6.36. The van der Waals surface area contributed by atoms with Crippen LogP contribution in [0.3, 0.4) is 0 Å². The van der Waals surface area contributed by atoms with Crippen molar-refractivity contribution in [2.75, 3.05) is 0 Å². The van der Waals surface area contributed by atoms with E-state index in [9.17, 15) is 5.11 Å². The smallest absolute Gasteiger partial charge is 0.257 e. The van der Waals surface area contributed by atoms with Crippen LogP contribution in [0, 0.1) is 0 Å². The fourth-order valence-electron chi connectivity index (χ4n) is 1.64. The van der Waals surface area contributed by atoms with E-state index in [-0.39, 0.29) is 11.9 Å². The second-order valence-corrected chi connectivity index (χ2v) is 3.35. The van der Waals surface area contributed by atoms with Crippen LogP contribution in [0.4, 0.5) is 0 Å². The fourth-order valence-corrected chi connectivity index (χ4v) is 1.64. The van der Waals surface area contributed by atoms with Crippen molar-refractivity contribution in [1.29, 1.82) is 0 Å². The third kappa shape index (κ3) is 1.91. The van der Waals surface area contributed by atoms with Crippen LogP contribution in [0.2, 0.25) is 0 Å². The Hall–Kier alpha value is -1.25. The van der Waals surface area contributed by atoms with Crippen LogP contribution in [-0.4, -0.2) is 16.2 Å². The molecule has 0 aliphatic heterocycles. The molecule has 1 fully saturated rings. The predicted octanol–water partition coefficient (Wildman–Crippen LogP) is 2.11. The lowest BCUT2D eigenvalue weighted by atomic mass is 10.3. The van der Waals surface area contributed by atoms with Gasteiger partial charge in [0.15, 0.2) is 5.75 Å². The zero-order chi connectivity index (χ0) is 9.10. The molecule has 1 aromatic heterocycles. The van der Waals surface area contributed by atoms with Gasteiger partial charge in [0.05, 0.1) is 0 Å². The predicted molar refractivity (Wildman–Crippen MR) is 48.8 cm³/mol. The summed E-state index contributed by atoms with van der Waals surface area (Å²) >= 11 is 0. The maximum absolute atomic E-state index is 9.38. The fraction of sp³-hybridized carbons (Fsp3) is 0.500. The third-order valence-electron chi connectivity index (χ3n) is 2.33. The number of nitrogens with zero attached hydrogens (tertiary/aromatic N) is 1. The standard InChI is InChI=1S/C10H13NO2/c12-9-6-3-7-11-10(9)13-8-4-1-2-5-8/h3,6-8,12H,1-2,4-5H2. The molecule has 0 amide bonds. The zero-order valence-electron chi connectivity index (χ0n) is 7.44. The van der Waals surface area contributed by atoms with Gasteiger partial charge in [-0.1, -0.05) is 0 Å². The second-order valence-electron chi connectivity index (χ2n) is 3.35. The normalized spacial score (nSPS) is 17.5.